The Bertz CT molecular complexity index is 466. The number of nitrogens with two attached hydrogens (primary N) is 1. The summed E-state index contributed by atoms with van der Waals surface area (Å²) in [5, 5.41) is 0. The number of ether oxygens (including phenoxy) is 1. The molecular weight excluding hydrogens is 248 g/mol. The van der Waals surface area contributed by atoms with Crippen LogP contribution in [-0.2, 0) is 4.79 Å². The standard InChI is InChI=1S/C11H18N6O2/c1-3-6-19-11-14-9(12)13-10(15-11)17-5-4-16(2)8(18)7-17/h3-7H2,1-2H3,(H2,12,13,14,15). The van der Waals surface area contributed by atoms with E-state index in [2.05, 4.69) is 15.0 Å². The number of piperazine rings is 1. The normalized spacial score (nSPS) is 15.8. The van der Waals surface area contributed by atoms with E-state index >= 15 is 0 Å². The smallest absolute Gasteiger partial charge is 0.323 e. The Morgan fingerprint density at radius 1 is 1.32 bits per heavy atom. The van der Waals surface area contributed by atoms with E-state index in [9.17, 15) is 4.79 Å². The average Bonchev–Trinajstić information content (AvgIpc) is 2.39. The maximum Gasteiger partial charge on any atom is 0.323 e. The lowest BCUT2D eigenvalue weighted by molar-refractivity contribution is -0.129. The van der Waals surface area contributed by atoms with Crippen molar-refractivity contribution in [2.75, 3.05) is 43.9 Å². The second-order valence-corrected chi connectivity index (χ2v) is 4.36. The van der Waals surface area contributed by atoms with Gasteiger partial charge in [-0.1, -0.05) is 6.92 Å². The summed E-state index contributed by atoms with van der Waals surface area (Å²) < 4.78 is 5.35. The summed E-state index contributed by atoms with van der Waals surface area (Å²) in [6, 6.07) is 0.204. The minimum atomic E-state index is 0.0289. The third kappa shape index (κ3) is 3.21. The van der Waals surface area contributed by atoms with Gasteiger partial charge in [0.05, 0.1) is 13.2 Å². The minimum absolute atomic E-state index is 0.0289. The van der Waals surface area contributed by atoms with Gasteiger partial charge in [-0.05, 0) is 6.42 Å². The number of likely N-dealkylation sites (N-methyl/N-ethyl adjacent to an activating group) is 1. The van der Waals surface area contributed by atoms with Crippen molar-refractivity contribution in [2.45, 2.75) is 13.3 Å². The van der Waals surface area contributed by atoms with E-state index in [1.165, 1.54) is 0 Å². The Hall–Kier alpha value is -2.12. The second kappa shape index (κ2) is 5.68. The maximum absolute atomic E-state index is 11.7. The molecule has 2 heterocycles. The fraction of sp³-hybridized carbons (Fsp3) is 0.636. The van der Waals surface area contributed by atoms with Gasteiger partial charge in [-0.25, -0.2) is 0 Å². The Labute approximate surface area is 111 Å². The van der Waals surface area contributed by atoms with Crippen molar-refractivity contribution >= 4 is 17.8 Å². The molecular formula is C11H18N6O2. The lowest BCUT2D eigenvalue weighted by atomic mass is 10.3. The summed E-state index contributed by atoms with van der Waals surface area (Å²) >= 11 is 0. The highest BCUT2D eigenvalue weighted by Gasteiger charge is 2.23. The van der Waals surface area contributed by atoms with Gasteiger partial charge in [0.15, 0.2) is 0 Å². The molecule has 1 aromatic heterocycles. The van der Waals surface area contributed by atoms with Crippen molar-refractivity contribution in [1.29, 1.82) is 0 Å². The Kier molecular flexibility index (Phi) is 3.98. The molecule has 1 amide bonds. The monoisotopic (exact) mass is 266 g/mol. The third-order valence-corrected chi connectivity index (χ3v) is 2.80. The number of hydrogen-bond donors (Lipinski definition) is 1. The first-order chi connectivity index (χ1) is 9.10. The first-order valence-electron chi connectivity index (χ1n) is 6.23. The third-order valence-electron chi connectivity index (χ3n) is 2.80. The van der Waals surface area contributed by atoms with Crippen LogP contribution >= 0.6 is 0 Å². The van der Waals surface area contributed by atoms with Crippen LogP contribution < -0.4 is 15.4 Å². The molecule has 1 fully saturated rings. The minimum Gasteiger partial charge on any atom is -0.463 e. The molecule has 2 N–H and O–H groups in total. The van der Waals surface area contributed by atoms with Gasteiger partial charge >= 0.3 is 6.01 Å². The van der Waals surface area contributed by atoms with E-state index in [1.807, 2.05) is 6.92 Å². The second-order valence-electron chi connectivity index (χ2n) is 4.36. The molecule has 0 aliphatic carbocycles. The zero-order valence-electron chi connectivity index (χ0n) is 11.2. The first-order valence-corrected chi connectivity index (χ1v) is 6.23. The molecule has 1 aromatic rings. The van der Waals surface area contributed by atoms with Crippen molar-refractivity contribution in [2.24, 2.45) is 0 Å². The summed E-state index contributed by atoms with van der Waals surface area (Å²) in [5.74, 6) is 0.517. The molecule has 0 unspecified atom stereocenters. The summed E-state index contributed by atoms with van der Waals surface area (Å²) in [6.45, 7) is 4.05. The number of nitrogen functional groups attached to an aromatic ring is 1. The molecule has 0 saturated carbocycles. The van der Waals surface area contributed by atoms with Crippen LogP contribution in [0.2, 0.25) is 0 Å². The lowest BCUT2D eigenvalue weighted by Gasteiger charge is -2.31. The van der Waals surface area contributed by atoms with Crippen molar-refractivity contribution in [1.82, 2.24) is 19.9 Å². The maximum atomic E-state index is 11.7. The van der Waals surface area contributed by atoms with E-state index in [1.54, 1.807) is 16.8 Å². The van der Waals surface area contributed by atoms with Gasteiger partial charge < -0.3 is 20.3 Å². The average molecular weight is 266 g/mol. The van der Waals surface area contributed by atoms with Crippen LogP contribution in [0, 0.1) is 0 Å². The predicted molar refractivity (Wildman–Crippen MR) is 69.9 cm³/mol. The van der Waals surface area contributed by atoms with E-state index < -0.39 is 0 Å². The van der Waals surface area contributed by atoms with Crippen LogP contribution in [-0.4, -0.2) is 59.0 Å². The van der Waals surface area contributed by atoms with Crippen LogP contribution in [0.25, 0.3) is 0 Å². The molecule has 2 rings (SSSR count). The molecule has 0 bridgehead atoms. The van der Waals surface area contributed by atoms with E-state index in [4.69, 9.17) is 10.5 Å². The summed E-state index contributed by atoms with van der Waals surface area (Å²) in [4.78, 5) is 27.3. The molecule has 8 nitrogen and oxygen atoms in total. The summed E-state index contributed by atoms with van der Waals surface area (Å²) in [5.41, 5.74) is 5.64. The summed E-state index contributed by atoms with van der Waals surface area (Å²) in [6.07, 6.45) is 0.855. The number of carbonyl (C=O) groups is 1. The Morgan fingerprint density at radius 2 is 2.11 bits per heavy atom. The van der Waals surface area contributed by atoms with Crippen molar-refractivity contribution in [3.63, 3.8) is 0 Å². The van der Waals surface area contributed by atoms with Crippen molar-refractivity contribution in [3.8, 4) is 6.01 Å². The largest absolute Gasteiger partial charge is 0.463 e. The molecule has 19 heavy (non-hydrogen) atoms. The van der Waals surface area contributed by atoms with E-state index in [-0.39, 0.29) is 24.4 Å². The molecule has 0 atom stereocenters. The number of hydrogen-bond acceptors (Lipinski definition) is 7. The lowest BCUT2D eigenvalue weighted by Crippen LogP contribution is -2.49. The van der Waals surface area contributed by atoms with Gasteiger partial charge in [-0.2, -0.15) is 15.0 Å². The van der Waals surface area contributed by atoms with Crippen molar-refractivity contribution in [3.05, 3.63) is 0 Å². The van der Waals surface area contributed by atoms with Gasteiger partial charge in [0.2, 0.25) is 17.8 Å². The number of rotatable bonds is 4. The Balaban J connectivity index is 2.15. The molecule has 1 saturated heterocycles. The van der Waals surface area contributed by atoms with Crippen LogP contribution in [0.5, 0.6) is 6.01 Å². The zero-order chi connectivity index (χ0) is 13.8. The summed E-state index contributed by atoms with van der Waals surface area (Å²) in [7, 11) is 1.78. The van der Waals surface area contributed by atoms with Crippen LogP contribution in [0.15, 0.2) is 0 Å². The van der Waals surface area contributed by atoms with Crippen molar-refractivity contribution < 1.29 is 9.53 Å². The molecule has 104 valence electrons. The number of nitrogens with zero attached hydrogens (tertiary/aromatic N) is 5. The fourth-order valence-electron chi connectivity index (χ4n) is 1.69. The molecule has 0 aromatic carbocycles. The Morgan fingerprint density at radius 3 is 2.79 bits per heavy atom. The van der Waals surface area contributed by atoms with Crippen LogP contribution in [0.4, 0.5) is 11.9 Å². The fourth-order valence-corrected chi connectivity index (χ4v) is 1.69. The van der Waals surface area contributed by atoms with Gasteiger partial charge in [0.1, 0.15) is 0 Å². The SMILES string of the molecule is CCCOc1nc(N)nc(N2CCN(C)C(=O)C2)n1. The molecule has 8 heteroatoms. The zero-order valence-corrected chi connectivity index (χ0v) is 11.2. The van der Waals surface area contributed by atoms with E-state index in [0.29, 0.717) is 25.6 Å². The highest BCUT2D eigenvalue weighted by Crippen LogP contribution is 2.15. The number of anilines is 2. The van der Waals surface area contributed by atoms with Crippen LogP contribution in [0.1, 0.15) is 13.3 Å². The van der Waals surface area contributed by atoms with Gasteiger partial charge in [-0.15, -0.1) is 0 Å². The molecule has 0 spiro atoms. The molecule has 1 aliphatic heterocycles. The molecule has 1 aliphatic rings. The number of aromatic nitrogens is 3. The highest BCUT2D eigenvalue weighted by atomic mass is 16.5. The van der Waals surface area contributed by atoms with Gasteiger partial charge in [0, 0.05) is 20.1 Å². The highest BCUT2D eigenvalue weighted by molar-refractivity contribution is 5.81. The number of amides is 1. The first kappa shape index (κ1) is 13.3. The topological polar surface area (TPSA) is 97.5 Å². The van der Waals surface area contributed by atoms with E-state index in [0.717, 1.165) is 6.42 Å². The van der Waals surface area contributed by atoms with Crippen LogP contribution in [0.3, 0.4) is 0 Å². The van der Waals surface area contributed by atoms with Gasteiger partial charge in [-0.3, -0.25) is 4.79 Å². The quantitative estimate of drug-likeness (QED) is 0.786. The predicted octanol–water partition coefficient (Wildman–Crippen LogP) is -0.479. The molecule has 0 radical (unpaired) electrons. The number of carbonyl (C=O) groups excluding carboxylic acids is 1. The van der Waals surface area contributed by atoms with Gasteiger partial charge in [0.25, 0.3) is 0 Å².